The van der Waals surface area contributed by atoms with Crippen LogP contribution in [0.3, 0.4) is 0 Å². The summed E-state index contributed by atoms with van der Waals surface area (Å²) in [4.78, 5) is 41.5. The van der Waals surface area contributed by atoms with Crippen molar-refractivity contribution >= 4 is 17.9 Å². The molecule has 9 heteroatoms. The van der Waals surface area contributed by atoms with E-state index in [0.717, 1.165) is 16.7 Å². The topological polar surface area (TPSA) is 131 Å². The third-order valence-corrected chi connectivity index (χ3v) is 7.58. The SMILES string of the molecule is COc1ccc([C@H](CO)N(C(=O)C(c2ccccc2)c2ccccc2)[C@H](CCCNC(=O)OCc2ccccc2)C(N)=O)cc1. The Bertz CT molecular complexity index is 1460. The fourth-order valence-corrected chi connectivity index (χ4v) is 5.30. The number of aliphatic hydroxyl groups is 1. The van der Waals surface area contributed by atoms with Gasteiger partial charge in [-0.1, -0.05) is 103 Å². The second-order valence-electron chi connectivity index (χ2n) is 10.5. The molecule has 234 valence electrons. The number of alkyl carbamates (subject to hydrolysis) is 1. The summed E-state index contributed by atoms with van der Waals surface area (Å²) >= 11 is 0. The van der Waals surface area contributed by atoms with Gasteiger partial charge in [-0.3, -0.25) is 9.59 Å². The first-order chi connectivity index (χ1) is 21.9. The molecule has 0 saturated heterocycles. The molecule has 45 heavy (non-hydrogen) atoms. The second-order valence-corrected chi connectivity index (χ2v) is 10.5. The molecule has 4 N–H and O–H groups in total. The highest BCUT2D eigenvalue weighted by atomic mass is 16.5. The average molecular weight is 610 g/mol. The number of amides is 3. The van der Waals surface area contributed by atoms with Crippen molar-refractivity contribution in [1.82, 2.24) is 10.2 Å². The van der Waals surface area contributed by atoms with Gasteiger partial charge in [0.15, 0.2) is 0 Å². The molecule has 0 spiro atoms. The van der Waals surface area contributed by atoms with Crippen molar-refractivity contribution in [1.29, 1.82) is 0 Å². The van der Waals surface area contributed by atoms with Crippen LogP contribution in [0.15, 0.2) is 115 Å². The number of nitrogens with one attached hydrogen (secondary N) is 1. The Kier molecular flexibility index (Phi) is 12.1. The number of rotatable bonds is 15. The van der Waals surface area contributed by atoms with Crippen LogP contribution in [0.4, 0.5) is 4.79 Å². The molecule has 0 radical (unpaired) electrons. The zero-order chi connectivity index (χ0) is 32.0. The number of hydrogen-bond acceptors (Lipinski definition) is 6. The lowest BCUT2D eigenvalue weighted by Crippen LogP contribution is -2.52. The summed E-state index contributed by atoms with van der Waals surface area (Å²) in [6.07, 6.45) is -0.134. The first-order valence-electron chi connectivity index (χ1n) is 14.8. The van der Waals surface area contributed by atoms with Gasteiger partial charge >= 0.3 is 6.09 Å². The molecule has 0 fully saturated rings. The minimum absolute atomic E-state index is 0.124. The zero-order valence-corrected chi connectivity index (χ0v) is 25.3. The third-order valence-electron chi connectivity index (χ3n) is 7.58. The normalized spacial score (nSPS) is 12.2. The van der Waals surface area contributed by atoms with Crippen LogP contribution in [0.5, 0.6) is 5.75 Å². The molecule has 0 bridgehead atoms. The van der Waals surface area contributed by atoms with Crippen molar-refractivity contribution in [2.75, 3.05) is 20.3 Å². The van der Waals surface area contributed by atoms with Crippen molar-refractivity contribution in [3.05, 3.63) is 138 Å². The zero-order valence-electron chi connectivity index (χ0n) is 25.3. The average Bonchev–Trinajstić information content (AvgIpc) is 3.08. The number of hydrogen-bond donors (Lipinski definition) is 3. The Morgan fingerprint density at radius 1 is 0.800 bits per heavy atom. The van der Waals surface area contributed by atoms with E-state index in [1.54, 1.807) is 31.4 Å². The van der Waals surface area contributed by atoms with E-state index >= 15 is 0 Å². The quantitative estimate of drug-likeness (QED) is 0.164. The number of benzene rings is 4. The molecule has 4 aromatic rings. The van der Waals surface area contributed by atoms with Gasteiger partial charge in [0, 0.05) is 6.54 Å². The molecule has 0 heterocycles. The van der Waals surface area contributed by atoms with Crippen molar-refractivity contribution < 1.29 is 29.0 Å². The van der Waals surface area contributed by atoms with E-state index in [9.17, 15) is 19.5 Å². The highest BCUT2D eigenvalue weighted by Gasteiger charge is 2.39. The maximum atomic E-state index is 14.7. The highest BCUT2D eigenvalue weighted by molar-refractivity contribution is 5.92. The third kappa shape index (κ3) is 8.93. The van der Waals surface area contributed by atoms with Crippen molar-refractivity contribution in [3.8, 4) is 5.75 Å². The molecule has 9 nitrogen and oxygen atoms in total. The number of primary amides is 1. The number of ether oxygens (including phenoxy) is 2. The van der Waals surface area contributed by atoms with Gasteiger partial charge in [-0.15, -0.1) is 0 Å². The molecule has 2 atom stereocenters. The first-order valence-corrected chi connectivity index (χ1v) is 14.8. The van der Waals surface area contributed by atoms with Crippen LogP contribution in [0.2, 0.25) is 0 Å². The number of carbonyl (C=O) groups excluding carboxylic acids is 3. The van der Waals surface area contributed by atoms with Crippen molar-refractivity contribution in [2.24, 2.45) is 5.73 Å². The summed E-state index contributed by atoms with van der Waals surface area (Å²) in [5.41, 5.74) is 8.91. The van der Waals surface area contributed by atoms with Gasteiger partial charge in [0.1, 0.15) is 18.4 Å². The van der Waals surface area contributed by atoms with Crippen molar-refractivity contribution in [3.63, 3.8) is 0 Å². The van der Waals surface area contributed by atoms with Crippen LogP contribution in [0, 0.1) is 0 Å². The fourth-order valence-electron chi connectivity index (χ4n) is 5.30. The van der Waals surface area contributed by atoms with Gasteiger partial charge in [-0.25, -0.2) is 4.79 Å². The molecule has 0 unspecified atom stereocenters. The number of nitrogens with two attached hydrogens (primary N) is 1. The Balaban J connectivity index is 1.61. The molecule has 0 aliphatic carbocycles. The summed E-state index contributed by atoms with van der Waals surface area (Å²) in [6, 6.07) is 32.9. The monoisotopic (exact) mass is 609 g/mol. The van der Waals surface area contributed by atoms with E-state index in [4.69, 9.17) is 15.2 Å². The summed E-state index contributed by atoms with van der Waals surface area (Å²) in [5, 5.41) is 13.4. The van der Waals surface area contributed by atoms with Crippen LogP contribution in [0.25, 0.3) is 0 Å². The molecular formula is C36H39N3O6. The summed E-state index contributed by atoms with van der Waals surface area (Å²) in [6.45, 7) is -0.145. The molecule has 0 aromatic heterocycles. The fraction of sp³-hybridized carbons (Fsp3) is 0.250. The van der Waals surface area contributed by atoms with E-state index in [1.807, 2.05) is 91.0 Å². The first kappa shape index (κ1) is 32.8. The lowest BCUT2D eigenvalue weighted by Gasteiger charge is -2.39. The molecule has 0 aliphatic heterocycles. The lowest BCUT2D eigenvalue weighted by atomic mass is 9.88. The van der Waals surface area contributed by atoms with E-state index in [2.05, 4.69) is 5.32 Å². The van der Waals surface area contributed by atoms with Gasteiger partial charge < -0.3 is 30.5 Å². The molecule has 4 rings (SSSR count). The predicted octanol–water partition coefficient (Wildman–Crippen LogP) is 4.95. The van der Waals surface area contributed by atoms with E-state index < -0.39 is 36.6 Å². The van der Waals surface area contributed by atoms with E-state index in [-0.39, 0.29) is 25.5 Å². The Labute approximate surface area is 263 Å². The number of nitrogens with zero attached hydrogens (tertiary/aromatic N) is 1. The van der Waals surface area contributed by atoms with Crippen LogP contribution in [-0.2, 0) is 20.9 Å². The Hall–Kier alpha value is -5.15. The minimum atomic E-state index is -1.09. The number of carbonyl (C=O) groups is 3. The van der Waals surface area contributed by atoms with Crippen LogP contribution in [-0.4, -0.2) is 54.2 Å². The van der Waals surface area contributed by atoms with E-state index in [0.29, 0.717) is 17.7 Å². The van der Waals surface area contributed by atoms with Gasteiger partial charge in [0.25, 0.3) is 0 Å². The second kappa shape index (κ2) is 16.6. The van der Waals surface area contributed by atoms with Gasteiger partial charge in [0.05, 0.1) is 25.7 Å². The molecule has 0 aliphatic rings. The van der Waals surface area contributed by atoms with Crippen molar-refractivity contribution in [2.45, 2.75) is 37.5 Å². The molecule has 0 saturated carbocycles. The van der Waals surface area contributed by atoms with Gasteiger partial charge in [-0.05, 0) is 47.2 Å². The van der Waals surface area contributed by atoms with E-state index in [1.165, 1.54) is 4.90 Å². The van der Waals surface area contributed by atoms with Crippen LogP contribution < -0.4 is 15.8 Å². The minimum Gasteiger partial charge on any atom is -0.497 e. The highest BCUT2D eigenvalue weighted by Crippen LogP contribution is 2.34. The predicted molar refractivity (Wildman–Crippen MR) is 171 cm³/mol. The van der Waals surface area contributed by atoms with Gasteiger partial charge in [-0.2, -0.15) is 0 Å². The molecule has 3 amide bonds. The summed E-state index contributed by atoms with van der Waals surface area (Å²) in [5.74, 6) is -1.27. The largest absolute Gasteiger partial charge is 0.497 e. The van der Waals surface area contributed by atoms with Crippen LogP contribution in [0.1, 0.15) is 47.1 Å². The maximum absolute atomic E-state index is 14.7. The number of aliphatic hydroxyl groups excluding tert-OH is 1. The van der Waals surface area contributed by atoms with Gasteiger partial charge in [0.2, 0.25) is 11.8 Å². The Morgan fingerprint density at radius 3 is 1.87 bits per heavy atom. The summed E-state index contributed by atoms with van der Waals surface area (Å²) in [7, 11) is 1.55. The molecule has 4 aromatic carbocycles. The standard InChI is InChI=1S/C36H39N3O6/c1-44-30-21-19-27(20-22-30)32(24-40)39(35(42)33(28-14-7-3-8-15-28)29-16-9-4-10-17-29)31(34(37)41)18-11-23-38-36(43)45-25-26-12-5-2-6-13-26/h2-10,12-17,19-22,31-33,40H,11,18,23-25H2,1H3,(H2,37,41)(H,38,43)/t31-,32+/m1/s1. The Morgan fingerprint density at radius 2 is 1.36 bits per heavy atom. The smallest absolute Gasteiger partial charge is 0.407 e. The molecular weight excluding hydrogens is 570 g/mol. The number of methoxy groups -OCH3 is 1. The maximum Gasteiger partial charge on any atom is 0.407 e. The van der Waals surface area contributed by atoms with Crippen LogP contribution >= 0.6 is 0 Å². The lowest BCUT2D eigenvalue weighted by molar-refractivity contribution is -0.144. The summed E-state index contributed by atoms with van der Waals surface area (Å²) < 4.78 is 10.6.